The highest BCUT2D eigenvalue weighted by Crippen LogP contribution is 2.24. The summed E-state index contributed by atoms with van der Waals surface area (Å²) in [6.07, 6.45) is 0. The second kappa shape index (κ2) is 3.17. The van der Waals surface area contributed by atoms with Crippen LogP contribution in [0.5, 0.6) is 0 Å². The zero-order valence-electron chi connectivity index (χ0n) is 7.80. The quantitative estimate of drug-likeness (QED) is 0.694. The molecular formula is C10H11ClN2O. The predicted molar refractivity (Wildman–Crippen MR) is 56.7 cm³/mol. The number of carbonyl (C=O) groups excluding carboxylic acids is 1. The first-order valence-electron chi connectivity index (χ1n) is 4.40. The van der Waals surface area contributed by atoms with E-state index in [-0.39, 0.29) is 5.91 Å². The molecule has 0 saturated heterocycles. The molecule has 1 aromatic rings. The second-order valence-electron chi connectivity index (χ2n) is 3.59. The van der Waals surface area contributed by atoms with E-state index in [9.17, 15) is 4.79 Å². The van der Waals surface area contributed by atoms with Crippen molar-refractivity contribution in [2.45, 2.75) is 12.6 Å². The molecule has 4 heteroatoms. The Morgan fingerprint density at radius 1 is 1.36 bits per heavy atom. The van der Waals surface area contributed by atoms with Crippen molar-refractivity contribution >= 4 is 23.2 Å². The summed E-state index contributed by atoms with van der Waals surface area (Å²) in [5.74, 6) is 0.245. The van der Waals surface area contributed by atoms with Gasteiger partial charge < -0.3 is 10.6 Å². The van der Waals surface area contributed by atoms with Crippen LogP contribution < -0.4 is 10.6 Å². The average Bonchev–Trinajstić information content (AvgIpc) is 2.18. The molecule has 1 amide bonds. The maximum atomic E-state index is 11.7. The number of anilines is 1. The summed E-state index contributed by atoms with van der Waals surface area (Å²) in [5.41, 5.74) is 0.946. The molecular weight excluding hydrogens is 200 g/mol. The smallest absolute Gasteiger partial charge is 0.255 e. The van der Waals surface area contributed by atoms with Crippen LogP contribution >= 0.6 is 11.6 Å². The highest BCUT2D eigenvalue weighted by molar-refractivity contribution is 6.19. The van der Waals surface area contributed by atoms with Crippen molar-refractivity contribution in [1.29, 1.82) is 0 Å². The molecule has 2 N–H and O–H groups in total. The minimum Gasteiger partial charge on any atom is -0.361 e. The second-order valence-corrected chi connectivity index (χ2v) is 3.86. The van der Waals surface area contributed by atoms with Crippen molar-refractivity contribution in [2.24, 2.45) is 0 Å². The summed E-state index contributed by atoms with van der Waals surface area (Å²) in [7, 11) is 0. The molecule has 14 heavy (non-hydrogen) atoms. The summed E-state index contributed by atoms with van der Waals surface area (Å²) in [6.45, 7) is 1.86. The van der Waals surface area contributed by atoms with Gasteiger partial charge in [0.2, 0.25) is 0 Å². The molecule has 0 aromatic heterocycles. The van der Waals surface area contributed by atoms with E-state index in [1.165, 1.54) is 0 Å². The van der Waals surface area contributed by atoms with Gasteiger partial charge in [-0.2, -0.15) is 0 Å². The maximum absolute atomic E-state index is 11.7. The summed E-state index contributed by atoms with van der Waals surface area (Å²) in [6, 6.07) is 7.38. The number of carbonyl (C=O) groups is 1. The van der Waals surface area contributed by atoms with Crippen molar-refractivity contribution < 1.29 is 4.79 Å². The number of para-hydroxylation sites is 1. The van der Waals surface area contributed by atoms with Crippen molar-refractivity contribution in [3.8, 4) is 0 Å². The molecule has 0 fully saturated rings. The molecule has 3 nitrogen and oxygen atoms in total. The van der Waals surface area contributed by atoms with Crippen LogP contribution in [0.4, 0.5) is 5.69 Å². The Morgan fingerprint density at radius 2 is 2.07 bits per heavy atom. The Labute approximate surface area is 87.4 Å². The number of hydrogen-bond donors (Lipinski definition) is 2. The monoisotopic (exact) mass is 210 g/mol. The topological polar surface area (TPSA) is 41.1 Å². The SMILES string of the molecule is C[C@]1(CCl)NC(=O)c2ccccc2N1. The van der Waals surface area contributed by atoms with E-state index in [0.717, 1.165) is 5.69 Å². The number of amides is 1. The Kier molecular flexibility index (Phi) is 2.11. The highest BCUT2D eigenvalue weighted by Gasteiger charge is 2.31. The van der Waals surface area contributed by atoms with Gasteiger partial charge in [0, 0.05) is 5.69 Å². The first-order chi connectivity index (χ1) is 6.64. The lowest BCUT2D eigenvalue weighted by Crippen LogP contribution is -2.56. The number of rotatable bonds is 1. The Bertz CT molecular complexity index is 380. The van der Waals surface area contributed by atoms with Crippen LogP contribution in [-0.2, 0) is 0 Å². The summed E-state index contributed by atoms with van der Waals surface area (Å²) in [5, 5.41) is 6.01. The molecule has 1 aromatic carbocycles. The maximum Gasteiger partial charge on any atom is 0.255 e. The van der Waals surface area contributed by atoms with Gasteiger partial charge in [0.15, 0.2) is 0 Å². The van der Waals surface area contributed by atoms with E-state index in [4.69, 9.17) is 11.6 Å². The minimum absolute atomic E-state index is 0.0810. The van der Waals surface area contributed by atoms with Crippen LogP contribution in [0.3, 0.4) is 0 Å². The van der Waals surface area contributed by atoms with Crippen LogP contribution in [0.1, 0.15) is 17.3 Å². The third-order valence-corrected chi connectivity index (χ3v) is 2.77. The molecule has 1 aliphatic heterocycles. The van der Waals surface area contributed by atoms with Gasteiger partial charge in [-0.15, -0.1) is 11.6 Å². The van der Waals surface area contributed by atoms with Crippen LogP contribution in [0.25, 0.3) is 0 Å². The fraction of sp³-hybridized carbons (Fsp3) is 0.300. The zero-order chi connectivity index (χ0) is 10.2. The third kappa shape index (κ3) is 1.44. The Morgan fingerprint density at radius 3 is 2.79 bits per heavy atom. The van der Waals surface area contributed by atoms with Gasteiger partial charge in [0.25, 0.3) is 5.91 Å². The molecule has 0 bridgehead atoms. The van der Waals surface area contributed by atoms with Crippen molar-refractivity contribution in [2.75, 3.05) is 11.2 Å². The van der Waals surface area contributed by atoms with Gasteiger partial charge in [-0.3, -0.25) is 4.79 Å². The van der Waals surface area contributed by atoms with Crippen molar-refractivity contribution in [1.82, 2.24) is 5.32 Å². The van der Waals surface area contributed by atoms with Gasteiger partial charge in [-0.05, 0) is 19.1 Å². The Balaban J connectivity index is 2.43. The third-order valence-electron chi connectivity index (χ3n) is 2.24. The lowest BCUT2D eigenvalue weighted by molar-refractivity contribution is 0.0915. The lowest BCUT2D eigenvalue weighted by atomic mass is 10.1. The fourth-order valence-corrected chi connectivity index (χ4v) is 1.64. The molecule has 0 radical (unpaired) electrons. The molecule has 1 atom stereocenters. The van der Waals surface area contributed by atoms with E-state index in [0.29, 0.717) is 11.4 Å². The molecule has 0 unspecified atom stereocenters. The molecule has 2 rings (SSSR count). The van der Waals surface area contributed by atoms with Crippen molar-refractivity contribution in [3.05, 3.63) is 29.8 Å². The van der Waals surface area contributed by atoms with Crippen LogP contribution in [0.15, 0.2) is 24.3 Å². The van der Waals surface area contributed by atoms with Gasteiger partial charge >= 0.3 is 0 Å². The molecule has 1 aliphatic rings. The summed E-state index contributed by atoms with van der Waals surface area (Å²) in [4.78, 5) is 11.7. The summed E-state index contributed by atoms with van der Waals surface area (Å²) < 4.78 is 0. The molecule has 0 saturated carbocycles. The highest BCUT2D eigenvalue weighted by atomic mass is 35.5. The Hall–Kier alpha value is -1.22. The van der Waals surface area contributed by atoms with E-state index < -0.39 is 5.66 Å². The minimum atomic E-state index is -0.549. The number of hydrogen-bond acceptors (Lipinski definition) is 2. The van der Waals surface area contributed by atoms with E-state index in [2.05, 4.69) is 10.6 Å². The first-order valence-corrected chi connectivity index (χ1v) is 4.94. The average molecular weight is 211 g/mol. The van der Waals surface area contributed by atoms with E-state index in [1.54, 1.807) is 6.07 Å². The van der Waals surface area contributed by atoms with Crippen LogP contribution in [0.2, 0.25) is 0 Å². The molecule has 0 spiro atoms. The summed E-state index contributed by atoms with van der Waals surface area (Å²) >= 11 is 5.78. The van der Waals surface area contributed by atoms with Gasteiger partial charge in [0.1, 0.15) is 5.66 Å². The van der Waals surface area contributed by atoms with Crippen LogP contribution in [0, 0.1) is 0 Å². The number of benzene rings is 1. The largest absolute Gasteiger partial charge is 0.361 e. The predicted octanol–water partition coefficient (Wildman–Crippen LogP) is 1.80. The number of alkyl halides is 1. The van der Waals surface area contributed by atoms with Gasteiger partial charge in [-0.25, -0.2) is 0 Å². The van der Waals surface area contributed by atoms with E-state index >= 15 is 0 Å². The van der Waals surface area contributed by atoms with E-state index in [1.807, 2.05) is 25.1 Å². The fourth-order valence-electron chi connectivity index (χ4n) is 1.50. The van der Waals surface area contributed by atoms with Crippen LogP contribution in [-0.4, -0.2) is 17.5 Å². The standard InChI is InChI=1S/C10H11ClN2O/c1-10(6-11)12-8-5-3-2-4-7(8)9(14)13-10/h2-5,12H,6H2,1H3,(H,13,14)/t10-/m1/s1. The normalized spacial score (nSPS) is 24.9. The van der Waals surface area contributed by atoms with Gasteiger partial charge in [-0.1, -0.05) is 12.1 Å². The molecule has 74 valence electrons. The molecule has 0 aliphatic carbocycles. The first kappa shape index (κ1) is 9.34. The van der Waals surface area contributed by atoms with Gasteiger partial charge in [0.05, 0.1) is 11.4 Å². The number of nitrogens with one attached hydrogen (secondary N) is 2. The number of halogens is 1. The lowest BCUT2D eigenvalue weighted by Gasteiger charge is -2.35. The zero-order valence-corrected chi connectivity index (χ0v) is 8.56. The number of fused-ring (bicyclic) bond motifs is 1. The molecule has 1 heterocycles. The van der Waals surface area contributed by atoms with Crippen molar-refractivity contribution in [3.63, 3.8) is 0 Å².